The quantitative estimate of drug-likeness (QED) is 0.750. The van der Waals surface area contributed by atoms with Crippen LogP contribution < -0.4 is 5.32 Å². The molecule has 1 amide bonds. The number of pyridine rings is 1. The third kappa shape index (κ3) is 2.81. The monoisotopic (exact) mass is 373 g/mol. The summed E-state index contributed by atoms with van der Waals surface area (Å²) in [6, 6.07) is 14.0. The molecule has 0 unspecified atom stereocenters. The topological polar surface area (TPSA) is 63.1 Å². The van der Waals surface area contributed by atoms with Gasteiger partial charge in [-0.15, -0.1) is 0 Å². The lowest BCUT2D eigenvalue weighted by molar-refractivity contribution is 0.0607. The lowest BCUT2D eigenvalue weighted by Gasteiger charge is -2.44. The van der Waals surface area contributed by atoms with E-state index in [4.69, 9.17) is 4.98 Å². The highest BCUT2D eigenvalue weighted by molar-refractivity contribution is 5.94. The van der Waals surface area contributed by atoms with E-state index in [1.165, 1.54) is 11.3 Å². The van der Waals surface area contributed by atoms with Crippen molar-refractivity contribution >= 4 is 5.91 Å². The molecule has 0 aliphatic carbocycles. The number of likely N-dealkylation sites (tertiary alicyclic amines) is 1. The molecule has 0 bridgehead atoms. The van der Waals surface area contributed by atoms with Gasteiger partial charge in [-0.1, -0.05) is 30.3 Å². The van der Waals surface area contributed by atoms with Crippen LogP contribution in [0.25, 0.3) is 11.3 Å². The van der Waals surface area contributed by atoms with Crippen LogP contribution in [0.1, 0.15) is 29.0 Å². The Morgan fingerprint density at radius 2 is 1.75 bits per heavy atom. The molecule has 6 heteroatoms. The van der Waals surface area contributed by atoms with Crippen LogP contribution in [0.15, 0.2) is 61.1 Å². The van der Waals surface area contributed by atoms with Gasteiger partial charge < -0.3 is 14.8 Å². The van der Waals surface area contributed by atoms with Crippen molar-refractivity contribution in [3.8, 4) is 11.3 Å². The Morgan fingerprint density at radius 3 is 2.50 bits per heavy atom. The molecule has 0 saturated carbocycles. The number of carbonyl (C=O) groups is 1. The summed E-state index contributed by atoms with van der Waals surface area (Å²) in [4.78, 5) is 23.5. The van der Waals surface area contributed by atoms with Crippen LogP contribution in [0.2, 0.25) is 0 Å². The molecular formula is C22H23N5O. The van der Waals surface area contributed by atoms with Crippen LogP contribution in [-0.4, -0.2) is 45.0 Å². The fraction of sp³-hybridized carbons (Fsp3) is 0.318. The zero-order chi connectivity index (χ0) is 19.0. The van der Waals surface area contributed by atoms with Crippen LogP contribution in [0.3, 0.4) is 0 Å². The van der Waals surface area contributed by atoms with E-state index in [1.54, 1.807) is 24.5 Å². The molecule has 1 fully saturated rings. The first-order chi connectivity index (χ1) is 13.8. The summed E-state index contributed by atoms with van der Waals surface area (Å²) in [6.07, 6.45) is 7.07. The Kier molecular flexibility index (Phi) is 4.20. The second-order valence-corrected chi connectivity index (χ2v) is 7.52. The molecule has 0 radical (unpaired) electrons. The largest absolute Gasteiger partial charge is 0.338 e. The van der Waals surface area contributed by atoms with Gasteiger partial charge in [0.25, 0.3) is 5.91 Å². The Balaban J connectivity index is 1.39. The van der Waals surface area contributed by atoms with Crippen molar-refractivity contribution in [1.29, 1.82) is 0 Å². The lowest BCUT2D eigenvalue weighted by atomic mass is 9.85. The normalized spacial score (nSPS) is 18.1. The minimum atomic E-state index is -0.152. The van der Waals surface area contributed by atoms with Gasteiger partial charge in [0.05, 0.1) is 17.4 Å². The van der Waals surface area contributed by atoms with Crippen molar-refractivity contribution in [2.24, 2.45) is 0 Å². The van der Waals surface area contributed by atoms with E-state index in [1.807, 2.05) is 17.2 Å². The van der Waals surface area contributed by atoms with E-state index in [9.17, 15) is 4.79 Å². The number of benzene rings is 1. The molecule has 1 N–H and O–H groups in total. The van der Waals surface area contributed by atoms with E-state index in [0.717, 1.165) is 44.8 Å². The maximum Gasteiger partial charge on any atom is 0.253 e. The maximum absolute atomic E-state index is 12.8. The third-order valence-electron chi connectivity index (χ3n) is 5.98. The van der Waals surface area contributed by atoms with E-state index >= 15 is 0 Å². The molecule has 1 aromatic carbocycles. The Labute approximate surface area is 164 Å². The summed E-state index contributed by atoms with van der Waals surface area (Å²) in [7, 11) is 0. The van der Waals surface area contributed by atoms with E-state index < -0.39 is 0 Å². The van der Waals surface area contributed by atoms with E-state index in [2.05, 4.69) is 39.1 Å². The second kappa shape index (κ2) is 6.87. The van der Waals surface area contributed by atoms with Gasteiger partial charge in [0.2, 0.25) is 0 Å². The van der Waals surface area contributed by atoms with Crippen LogP contribution in [0, 0.1) is 0 Å². The SMILES string of the molecule is O=C(c1ccncc1)N1CCC2(CC1)NCCn1c(-c3ccccc3)cnc12. The number of hydrogen-bond donors (Lipinski definition) is 1. The third-order valence-corrected chi connectivity index (χ3v) is 5.98. The van der Waals surface area contributed by atoms with Crippen LogP contribution >= 0.6 is 0 Å². The fourth-order valence-electron chi connectivity index (χ4n) is 4.48. The van der Waals surface area contributed by atoms with Gasteiger partial charge in [-0.2, -0.15) is 0 Å². The number of fused-ring (bicyclic) bond motifs is 2. The summed E-state index contributed by atoms with van der Waals surface area (Å²) in [5.41, 5.74) is 2.92. The number of rotatable bonds is 2. The molecule has 2 aromatic heterocycles. The number of aromatic nitrogens is 3. The predicted molar refractivity (Wildman–Crippen MR) is 107 cm³/mol. The first-order valence-electron chi connectivity index (χ1n) is 9.83. The van der Waals surface area contributed by atoms with Crippen LogP contribution in [0.5, 0.6) is 0 Å². The smallest absolute Gasteiger partial charge is 0.253 e. The van der Waals surface area contributed by atoms with Crippen molar-refractivity contribution in [2.75, 3.05) is 19.6 Å². The van der Waals surface area contributed by atoms with Gasteiger partial charge in [0.15, 0.2) is 0 Å². The highest BCUT2D eigenvalue weighted by Gasteiger charge is 2.42. The Hall–Kier alpha value is -2.99. The molecule has 1 saturated heterocycles. The lowest BCUT2D eigenvalue weighted by Crippen LogP contribution is -2.56. The summed E-state index contributed by atoms with van der Waals surface area (Å²) in [6.45, 7) is 3.28. The molecule has 28 heavy (non-hydrogen) atoms. The number of carbonyl (C=O) groups excluding carboxylic acids is 1. The standard InChI is InChI=1S/C22H23N5O/c28-20(18-6-10-23-11-7-18)26-13-8-22(9-14-26)21-24-16-19(27(21)15-12-25-22)17-4-2-1-3-5-17/h1-7,10-11,16,25H,8-9,12-15H2. The summed E-state index contributed by atoms with van der Waals surface area (Å²) in [5.74, 6) is 1.19. The van der Waals surface area contributed by atoms with E-state index in [0.29, 0.717) is 5.56 Å². The van der Waals surface area contributed by atoms with Crippen molar-refractivity contribution in [1.82, 2.24) is 24.8 Å². The van der Waals surface area contributed by atoms with Crippen LogP contribution in [-0.2, 0) is 12.1 Å². The Morgan fingerprint density at radius 1 is 1.00 bits per heavy atom. The van der Waals surface area contributed by atoms with Gasteiger partial charge in [0.1, 0.15) is 5.82 Å². The Bertz CT molecular complexity index is 975. The zero-order valence-corrected chi connectivity index (χ0v) is 15.7. The van der Waals surface area contributed by atoms with Crippen molar-refractivity contribution in [2.45, 2.75) is 24.9 Å². The first kappa shape index (κ1) is 17.1. The molecule has 2 aliphatic rings. The van der Waals surface area contributed by atoms with Crippen molar-refractivity contribution in [3.63, 3.8) is 0 Å². The van der Waals surface area contributed by atoms with Gasteiger partial charge in [-0.25, -0.2) is 4.98 Å². The highest BCUT2D eigenvalue weighted by Crippen LogP contribution is 2.37. The average molecular weight is 373 g/mol. The summed E-state index contributed by atoms with van der Waals surface area (Å²) < 4.78 is 2.35. The molecule has 1 spiro atoms. The number of hydrogen-bond acceptors (Lipinski definition) is 4. The maximum atomic E-state index is 12.8. The fourth-order valence-corrected chi connectivity index (χ4v) is 4.48. The molecule has 2 aliphatic heterocycles. The zero-order valence-electron chi connectivity index (χ0n) is 15.7. The van der Waals surface area contributed by atoms with Crippen LogP contribution in [0.4, 0.5) is 0 Å². The van der Waals surface area contributed by atoms with Gasteiger partial charge in [-0.3, -0.25) is 9.78 Å². The number of nitrogens with one attached hydrogen (secondary N) is 1. The highest BCUT2D eigenvalue weighted by atomic mass is 16.2. The number of imidazole rings is 1. The first-order valence-corrected chi connectivity index (χ1v) is 9.83. The van der Waals surface area contributed by atoms with E-state index in [-0.39, 0.29) is 11.4 Å². The number of nitrogens with zero attached hydrogens (tertiary/aromatic N) is 4. The molecular weight excluding hydrogens is 350 g/mol. The van der Waals surface area contributed by atoms with Crippen molar-refractivity contribution < 1.29 is 4.79 Å². The molecule has 142 valence electrons. The van der Waals surface area contributed by atoms with Crippen molar-refractivity contribution in [3.05, 3.63) is 72.4 Å². The number of amides is 1. The summed E-state index contributed by atoms with van der Waals surface area (Å²) >= 11 is 0. The molecule has 5 rings (SSSR count). The average Bonchev–Trinajstić information content (AvgIpc) is 3.21. The van der Waals surface area contributed by atoms with Gasteiger partial charge in [-0.05, 0) is 30.5 Å². The second-order valence-electron chi connectivity index (χ2n) is 7.52. The number of piperidine rings is 1. The minimum Gasteiger partial charge on any atom is -0.338 e. The molecule has 4 heterocycles. The summed E-state index contributed by atoms with van der Waals surface area (Å²) in [5, 5.41) is 3.72. The minimum absolute atomic E-state index is 0.0846. The molecule has 6 nitrogen and oxygen atoms in total. The predicted octanol–water partition coefficient (Wildman–Crippen LogP) is 2.68. The molecule has 3 aromatic rings. The molecule has 0 atom stereocenters. The van der Waals surface area contributed by atoms with Gasteiger partial charge >= 0.3 is 0 Å². The van der Waals surface area contributed by atoms with Gasteiger partial charge in [0, 0.05) is 44.1 Å².